The van der Waals surface area contributed by atoms with E-state index < -0.39 is 11.9 Å². The van der Waals surface area contributed by atoms with Crippen LogP contribution < -0.4 is 19.7 Å². The lowest BCUT2D eigenvalue weighted by atomic mass is 10.1. The molecule has 0 radical (unpaired) electrons. The van der Waals surface area contributed by atoms with Crippen molar-refractivity contribution in [1.82, 2.24) is 5.32 Å². The topological polar surface area (TPSA) is 105 Å². The molecule has 8 heteroatoms. The first-order valence-electron chi connectivity index (χ1n) is 8.48. The van der Waals surface area contributed by atoms with Crippen LogP contribution in [0.5, 0.6) is 11.5 Å². The smallest absolute Gasteiger partial charge is 0.303 e. The summed E-state index contributed by atoms with van der Waals surface area (Å²) in [5.41, 5.74) is 0.607. The van der Waals surface area contributed by atoms with Crippen LogP contribution in [0.3, 0.4) is 0 Å². The normalized spacial score (nSPS) is 16.5. The summed E-state index contributed by atoms with van der Waals surface area (Å²) in [7, 11) is 3.06. The van der Waals surface area contributed by atoms with E-state index in [1.807, 2.05) is 0 Å². The van der Waals surface area contributed by atoms with Crippen LogP contribution in [-0.4, -0.2) is 50.2 Å². The van der Waals surface area contributed by atoms with Crippen molar-refractivity contribution < 1.29 is 29.0 Å². The largest absolute Gasteiger partial charge is 0.497 e. The lowest BCUT2D eigenvalue weighted by Gasteiger charge is -2.20. The minimum absolute atomic E-state index is 0.0861. The lowest BCUT2D eigenvalue weighted by Crippen LogP contribution is -2.33. The third-order valence-electron chi connectivity index (χ3n) is 4.29. The van der Waals surface area contributed by atoms with E-state index >= 15 is 0 Å². The second kappa shape index (κ2) is 9.07. The average molecular weight is 364 g/mol. The summed E-state index contributed by atoms with van der Waals surface area (Å²) in [4.78, 5) is 36.6. The van der Waals surface area contributed by atoms with Crippen LogP contribution in [0.1, 0.15) is 25.7 Å². The van der Waals surface area contributed by atoms with Crippen molar-refractivity contribution in [3.8, 4) is 11.5 Å². The van der Waals surface area contributed by atoms with E-state index in [1.165, 1.54) is 7.11 Å². The van der Waals surface area contributed by atoms with Crippen molar-refractivity contribution in [2.24, 2.45) is 5.92 Å². The monoisotopic (exact) mass is 364 g/mol. The number of nitrogens with zero attached hydrogens (tertiary/aromatic N) is 1. The molecule has 1 saturated heterocycles. The summed E-state index contributed by atoms with van der Waals surface area (Å²) in [6.45, 7) is 0.686. The Morgan fingerprint density at radius 3 is 2.69 bits per heavy atom. The first kappa shape index (κ1) is 19.6. The molecule has 26 heavy (non-hydrogen) atoms. The molecule has 0 aromatic heterocycles. The number of carboxylic acid groups (broad SMARTS) is 1. The maximum atomic E-state index is 12.4. The SMILES string of the molecule is COc1ccc(N2CC(C(=O)NCCCCC(=O)O)CC2=O)c(OC)c1. The van der Waals surface area contributed by atoms with Crippen LogP contribution in [-0.2, 0) is 14.4 Å². The first-order valence-corrected chi connectivity index (χ1v) is 8.48. The maximum Gasteiger partial charge on any atom is 0.303 e. The molecule has 1 aromatic rings. The molecule has 1 heterocycles. The molecule has 0 spiro atoms. The third-order valence-corrected chi connectivity index (χ3v) is 4.29. The minimum Gasteiger partial charge on any atom is -0.497 e. The van der Waals surface area contributed by atoms with Gasteiger partial charge >= 0.3 is 5.97 Å². The van der Waals surface area contributed by atoms with Gasteiger partial charge in [-0.25, -0.2) is 0 Å². The van der Waals surface area contributed by atoms with Crippen molar-refractivity contribution in [2.45, 2.75) is 25.7 Å². The molecule has 142 valence electrons. The van der Waals surface area contributed by atoms with Crippen molar-refractivity contribution in [2.75, 3.05) is 32.2 Å². The summed E-state index contributed by atoms with van der Waals surface area (Å²) in [6.07, 6.45) is 1.32. The summed E-state index contributed by atoms with van der Waals surface area (Å²) in [5.74, 6) is -0.487. The molecule has 2 rings (SSSR count). The fourth-order valence-electron chi connectivity index (χ4n) is 2.88. The van der Waals surface area contributed by atoms with Gasteiger partial charge in [0.15, 0.2) is 0 Å². The zero-order valence-corrected chi connectivity index (χ0v) is 15.0. The van der Waals surface area contributed by atoms with Crippen LogP contribution in [0, 0.1) is 5.92 Å². The van der Waals surface area contributed by atoms with Crippen molar-refractivity contribution in [3.05, 3.63) is 18.2 Å². The second-order valence-electron chi connectivity index (χ2n) is 6.09. The van der Waals surface area contributed by atoms with E-state index in [9.17, 15) is 14.4 Å². The fourth-order valence-corrected chi connectivity index (χ4v) is 2.88. The van der Waals surface area contributed by atoms with Gasteiger partial charge in [-0.2, -0.15) is 0 Å². The Balaban J connectivity index is 1.93. The van der Waals surface area contributed by atoms with Crippen molar-refractivity contribution >= 4 is 23.5 Å². The number of ether oxygens (including phenoxy) is 2. The number of hydrogen-bond acceptors (Lipinski definition) is 5. The van der Waals surface area contributed by atoms with Gasteiger partial charge in [0.05, 0.1) is 25.8 Å². The minimum atomic E-state index is -0.846. The van der Waals surface area contributed by atoms with Crippen LogP contribution in [0.2, 0.25) is 0 Å². The van der Waals surface area contributed by atoms with Crippen LogP contribution in [0.4, 0.5) is 5.69 Å². The Bertz CT molecular complexity index is 676. The van der Waals surface area contributed by atoms with E-state index in [-0.39, 0.29) is 31.2 Å². The average Bonchev–Trinajstić information content (AvgIpc) is 3.02. The van der Waals surface area contributed by atoms with Gasteiger partial charge in [0.1, 0.15) is 11.5 Å². The molecule has 1 aromatic carbocycles. The van der Waals surface area contributed by atoms with Gasteiger partial charge in [-0.3, -0.25) is 14.4 Å². The molecule has 1 unspecified atom stereocenters. The number of carbonyl (C=O) groups is 3. The molecule has 1 fully saturated rings. The summed E-state index contributed by atoms with van der Waals surface area (Å²) < 4.78 is 10.5. The highest BCUT2D eigenvalue weighted by atomic mass is 16.5. The second-order valence-corrected chi connectivity index (χ2v) is 6.09. The molecular weight excluding hydrogens is 340 g/mol. The number of benzene rings is 1. The molecule has 8 nitrogen and oxygen atoms in total. The standard InChI is InChI=1S/C18H24N2O6/c1-25-13-6-7-14(15(10-13)26-2)20-11-12(9-16(20)21)18(24)19-8-4-3-5-17(22)23/h6-7,10,12H,3-5,8-9,11H2,1-2H3,(H,19,24)(H,22,23). The molecular formula is C18H24N2O6. The maximum absolute atomic E-state index is 12.4. The van der Waals surface area contributed by atoms with E-state index in [4.69, 9.17) is 14.6 Å². The lowest BCUT2D eigenvalue weighted by molar-refractivity contribution is -0.137. The van der Waals surface area contributed by atoms with E-state index in [0.29, 0.717) is 36.6 Å². The Labute approximate surface area is 152 Å². The number of nitrogens with one attached hydrogen (secondary N) is 1. The number of rotatable bonds is 9. The zero-order valence-electron chi connectivity index (χ0n) is 15.0. The summed E-state index contributed by atoms with van der Waals surface area (Å²) >= 11 is 0. The number of unbranched alkanes of at least 4 members (excludes halogenated alkanes) is 1. The van der Waals surface area contributed by atoms with Crippen LogP contribution >= 0.6 is 0 Å². The zero-order chi connectivity index (χ0) is 19.1. The highest BCUT2D eigenvalue weighted by Crippen LogP contribution is 2.35. The molecule has 0 aliphatic carbocycles. The molecule has 0 bridgehead atoms. The first-order chi connectivity index (χ1) is 12.5. The number of amides is 2. The molecule has 1 aliphatic heterocycles. The summed E-state index contributed by atoms with van der Waals surface area (Å²) in [6, 6.07) is 5.17. The van der Waals surface area contributed by atoms with Gasteiger partial charge in [0.2, 0.25) is 11.8 Å². The molecule has 2 N–H and O–H groups in total. The molecule has 1 atom stereocenters. The number of anilines is 1. The molecule has 2 amide bonds. The number of carbonyl (C=O) groups excluding carboxylic acids is 2. The van der Waals surface area contributed by atoms with Gasteiger partial charge in [0, 0.05) is 32.0 Å². The fraction of sp³-hybridized carbons (Fsp3) is 0.500. The highest BCUT2D eigenvalue weighted by molar-refractivity contribution is 6.01. The number of hydrogen-bond donors (Lipinski definition) is 2. The van der Waals surface area contributed by atoms with Gasteiger partial charge < -0.3 is 24.8 Å². The van der Waals surface area contributed by atoms with Crippen LogP contribution in [0.15, 0.2) is 18.2 Å². The van der Waals surface area contributed by atoms with Crippen molar-refractivity contribution in [1.29, 1.82) is 0 Å². The number of methoxy groups -OCH3 is 2. The quantitative estimate of drug-likeness (QED) is 0.642. The Hall–Kier alpha value is -2.77. The van der Waals surface area contributed by atoms with E-state index in [2.05, 4.69) is 5.32 Å². The van der Waals surface area contributed by atoms with E-state index in [0.717, 1.165) is 0 Å². The van der Waals surface area contributed by atoms with Gasteiger partial charge in [-0.15, -0.1) is 0 Å². The van der Waals surface area contributed by atoms with Crippen molar-refractivity contribution in [3.63, 3.8) is 0 Å². The molecule has 0 saturated carbocycles. The van der Waals surface area contributed by atoms with Gasteiger partial charge in [0.25, 0.3) is 0 Å². The third kappa shape index (κ3) is 4.87. The number of aliphatic carboxylic acids is 1. The Kier molecular flexibility index (Phi) is 6.82. The summed E-state index contributed by atoms with van der Waals surface area (Å²) in [5, 5.41) is 11.4. The predicted molar refractivity (Wildman–Crippen MR) is 94.5 cm³/mol. The van der Waals surface area contributed by atoms with Gasteiger partial charge in [-0.05, 0) is 25.0 Å². The Morgan fingerprint density at radius 1 is 1.27 bits per heavy atom. The highest BCUT2D eigenvalue weighted by Gasteiger charge is 2.36. The molecule has 1 aliphatic rings. The number of carboxylic acids is 1. The van der Waals surface area contributed by atoms with Crippen LogP contribution in [0.25, 0.3) is 0 Å². The van der Waals surface area contributed by atoms with E-state index in [1.54, 1.807) is 30.2 Å². The predicted octanol–water partition coefficient (Wildman–Crippen LogP) is 1.43. The Morgan fingerprint density at radius 2 is 2.04 bits per heavy atom. The van der Waals surface area contributed by atoms with Gasteiger partial charge in [-0.1, -0.05) is 0 Å².